The van der Waals surface area contributed by atoms with Crippen LogP contribution >= 0.6 is 0 Å². The van der Waals surface area contributed by atoms with Crippen molar-refractivity contribution in [2.45, 2.75) is 38.0 Å². The molecule has 1 fully saturated rings. The van der Waals surface area contributed by atoms with Crippen LogP contribution in [-0.4, -0.2) is 55.0 Å². The molecule has 2 rings (SSSR count). The van der Waals surface area contributed by atoms with E-state index in [1.165, 1.54) is 5.56 Å². The van der Waals surface area contributed by atoms with Crippen molar-refractivity contribution < 1.29 is 9.84 Å². The number of nitrogens with zero attached hydrogens (tertiary/aromatic N) is 1. The number of benzene rings is 1. The summed E-state index contributed by atoms with van der Waals surface area (Å²) in [6.07, 6.45) is 1.84. The lowest BCUT2D eigenvalue weighted by Crippen LogP contribution is -2.50. The molecule has 1 aliphatic heterocycles. The third kappa shape index (κ3) is 5.40. The topological polar surface area (TPSA) is 44.7 Å². The fraction of sp³-hybridized carbons (Fsp3) is 0.647. The van der Waals surface area contributed by atoms with Crippen LogP contribution in [0.25, 0.3) is 0 Å². The minimum absolute atomic E-state index is 0.187. The predicted octanol–water partition coefficient (Wildman–Crippen LogP) is 1.64. The van der Waals surface area contributed by atoms with Gasteiger partial charge >= 0.3 is 0 Å². The number of rotatable bonds is 7. The zero-order valence-corrected chi connectivity index (χ0v) is 13.2. The van der Waals surface area contributed by atoms with Gasteiger partial charge in [-0.25, -0.2) is 0 Å². The fourth-order valence-electron chi connectivity index (χ4n) is 2.74. The molecule has 0 aliphatic carbocycles. The second-order valence-corrected chi connectivity index (χ2v) is 6.16. The average Bonchev–Trinajstić information content (AvgIpc) is 2.51. The first-order valence-corrected chi connectivity index (χ1v) is 7.83. The van der Waals surface area contributed by atoms with Gasteiger partial charge in [-0.15, -0.1) is 0 Å². The molecule has 2 N–H and O–H groups in total. The van der Waals surface area contributed by atoms with E-state index in [2.05, 4.69) is 34.5 Å². The van der Waals surface area contributed by atoms with E-state index >= 15 is 0 Å². The molecule has 1 saturated heterocycles. The number of ether oxygens (including phenoxy) is 1. The smallest absolute Gasteiger partial charge is 0.0795 e. The molecule has 1 aromatic carbocycles. The van der Waals surface area contributed by atoms with Gasteiger partial charge in [0.05, 0.1) is 11.7 Å². The molecule has 21 heavy (non-hydrogen) atoms. The van der Waals surface area contributed by atoms with Crippen LogP contribution in [0.15, 0.2) is 30.3 Å². The Morgan fingerprint density at radius 1 is 1.29 bits per heavy atom. The number of likely N-dealkylation sites (tertiary alicyclic amines) is 1. The number of aliphatic hydroxyl groups is 1. The molecule has 1 unspecified atom stereocenters. The van der Waals surface area contributed by atoms with Gasteiger partial charge in [0.1, 0.15) is 0 Å². The van der Waals surface area contributed by atoms with Crippen molar-refractivity contribution in [1.82, 2.24) is 10.2 Å². The summed E-state index contributed by atoms with van der Waals surface area (Å²) in [5.41, 5.74) is 0.774. The maximum atomic E-state index is 10.6. The van der Waals surface area contributed by atoms with Crippen LogP contribution in [0.3, 0.4) is 0 Å². The minimum atomic E-state index is -0.569. The average molecular weight is 292 g/mol. The first kappa shape index (κ1) is 16.4. The largest absolute Gasteiger partial charge is 0.388 e. The van der Waals surface area contributed by atoms with Crippen molar-refractivity contribution in [2.75, 3.05) is 33.3 Å². The first-order valence-electron chi connectivity index (χ1n) is 7.83. The molecule has 118 valence electrons. The second-order valence-electron chi connectivity index (χ2n) is 6.16. The highest BCUT2D eigenvalue weighted by molar-refractivity contribution is 5.14. The van der Waals surface area contributed by atoms with Crippen LogP contribution < -0.4 is 5.32 Å². The van der Waals surface area contributed by atoms with E-state index in [0.717, 1.165) is 39.0 Å². The fourth-order valence-corrected chi connectivity index (χ4v) is 2.74. The van der Waals surface area contributed by atoms with Crippen molar-refractivity contribution >= 4 is 0 Å². The zero-order valence-electron chi connectivity index (χ0n) is 13.2. The van der Waals surface area contributed by atoms with Gasteiger partial charge < -0.3 is 15.2 Å². The highest BCUT2D eigenvalue weighted by atomic mass is 16.5. The lowest BCUT2D eigenvalue weighted by Gasteiger charge is -2.38. The van der Waals surface area contributed by atoms with Gasteiger partial charge in [-0.2, -0.15) is 0 Å². The van der Waals surface area contributed by atoms with Crippen LogP contribution in [0.4, 0.5) is 0 Å². The molecule has 0 bridgehead atoms. The molecule has 4 heteroatoms. The molecule has 0 amide bonds. The van der Waals surface area contributed by atoms with Crippen molar-refractivity contribution in [1.29, 1.82) is 0 Å². The van der Waals surface area contributed by atoms with E-state index in [1.54, 1.807) is 7.11 Å². The second kappa shape index (κ2) is 7.90. The highest BCUT2D eigenvalue weighted by Crippen LogP contribution is 2.22. The zero-order chi connectivity index (χ0) is 15.1. The number of nitrogens with one attached hydrogen (secondary N) is 1. The summed E-state index contributed by atoms with van der Waals surface area (Å²) >= 11 is 0. The van der Waals surface area contributed by atoms with Gasteiger partial charge in [-0.05, 0) is 25.3 Å². The third-order valence-corrected chi connectivity index (χ3v) is 4.32. The Morgan fingerprint density at radius 2 is 1.95 bits per heavy atom. The number of hydrogen-bond acceptors (Lipinski definition) is 4. The molecule has 1 aromatic rings. The highest BCUT2D eigenvalue weighted by Gasteiger charge is 2.31. The summed E-state index contributed by atoms with van der Waals surface area (Å²) in [6, 6.07) is 10.5. The molecule has 4 nitrogen and oxygen atoms in total. The van der Waals surface area contributed by atoms with E-state index < -0.39 is 5.60 Å². The van der Waals surface area contributed by atoms with Crippen LogP contribution in [0, 0.1) is 0 Å². The Hall–Kier alpha value is -0.940. The van der Waals surface area contributed by atoms with Gasteiger partial charge in [0.2, 0.25) is 0 Å². The molecular weight excluding hydrogens is 264 g/mol. The summed E-state index contributed by atoms with van der Waals surface area (Å²) in [5, 5.41) is 13.9. The Labute approximate surface area is 128 Å². The van der Waals surface area contributed by atoms with Crippen molar-refractivity contribution in [3.8, 4) is 0 Å². The molecule has 0 spiro atoms. The summed E-state index contributed by atoms with van der Waals surface area (Å²) in [5.74, 6) is 0. The van der Waals surface area contributed by atoms with Crippen LogP contribution in [-0.2, 0) is 11.3 Å². The summed E-state index contributed by atoms with van der Waals surface area (Å²) in [7, 11) is 1.71. The van der Waals surface area contributed by atoms with E-state index in [4.69, 9.17) is 4.74 Å². The monoisotopic (exact) mass is 292 g/mol. The number of methoxy groups -OCH3 is 1. The van der Waals surface area contributed by atoms with Crippen LogP contribution in [0.5, 0.6) is 0 Å². The molecule has 1 aliphatic rings. The summed E-state index contributed by atoms with van der Waals surface area (Å²) < 4.78 is 5.20. The van der Waals surface area contributed by atoms with E-state index in [1.807, 2.05) is 13.0 Å². The minimum Gasteiger partial charge on any atom is -0.388 e. The summed E-state index contributed by atoms with van der Waals surface area (Å²) in [6.45, 7) is 6.34. The molecule has 1 heterocycles. The Bertz CT molecular complexity index is 403. The quantitative estimate of drug-likeness (QED) is 0.802. The number of piperidine rings is 1. The van der Waals surface area contributed by atoms with Gasteiger partial charge in [0, 0.05) is 39.8 Å². The first-order chi connectivity index (χ1) is 10.1. The molecule has 1 atom stereocenters. The van der Waals surface area contributed by atoms with E-state index in [-0.39, 0.29) is 6.10 Å². The van der Waals surface area contributed by atoms with Crippen molar-refractivity contribution in [3.05, 3.63) is 35.9 Å². The molecule has 0 aromatic heterocycles. The summed E-state index contributed by atoms with van der Waals surface area (Å²) in [4.78, 5) is 2.42. The van der Waals surface area contributed by atoms with Gasteiger partial charge in [-0.3, -0.25) is 4.90 Å². The Kier molecular flexibility index (Phi) is 6.18. The van der Waals surface area contributed by atoms with E-state index in [9.17, 15) is 5.11 Å². The number of hydrogen-bond donors (Lipinski definition) is 2. The van der Waals surface area contributed by atoms with Crippen molar-refractivity contribution in [2.24, 2.45) is 0 Å². The van der Waals surface area contributed by atoms with E-state index in [0.29, 0.717) is 6.54 Å². The normalized spacial score (nSPS) is 20.3. The van der Waals surface area contributed by atoms with Gasteiger partial charge in [0.15, 0.2) is 0 Å². The van der Waals surface area contributed by atoms with Crippen molar-refractivity contribution in [3.63, 3.8) is 0 Å². The van der Waals surface area contributed by atoms with Gasteiger partial charge in [-0.1, -0.05) is 30.3 Å². The molecule has 0 saturated carbocycles. The Morgan fingerprint density at radius 3 is 2.57 bits per heavy atom. The SMILES string of the molecule is COC(C)CNCC1(O)CCN(Cc2ccccc2)CC1. The lowest BCUT2D eigenvalue weighted by atomic mass is 9.91. The van der Waals surface area contributed by atoms with Crippen LogP contribution in [0.2, 0.25) is 0 Å². The standard InChI is InChI=1S/C17H28N2O2/c1-15(21-2)12-18-14-17(20)8-10-19(11-9-17)13-16-6-4-3-5-7-16/h3-7,15,18,20H,8-14H2,1-2H3. The van der Waals surface area contributed by atoms with Crippen LogP contribution in [0.1, 0.15) is 25.3 Å². The van der Waals surface area contributed by atoms with Gasteiger partial charge in [0.25, 0.3) is 0 Å². The lowest BCUT2D eigenvalue weighted by molar-refractivity contribution is -0.0236. The predicted molar refractivity (Wildman–Crippen MR) is 85.2 cm³/mol. The maximum absolute atomic E-state index is 10.6. The third-order valence-electron chi connectivity index (χ3n) is 4.32. The Balaban J connectivity index is 1.71. The molecule has 0 radical (unpaired) electrons. The maximum Gasteiger partial charge on any atom is 0.0795 e. The molecular formula is C17H28N2O2.